The molecule has 1 aliphatic carbocycles. The highest BCUT2D eigenvalue weighted by Crippen LogP contribution is 2.33. The van der Waals surface area contributed by atoms with Crippen LogP contribution in [0.25, 0.3) is 0 Å². The smallest absolute Gasteiger partial charge is 0.306 e. The van der Waals surface area contributed by atoms with Crippen molar-refractivity contribution in [1.29, 1.82) is 0 Å². The summed E-state index contributed by atoms with van der Waals surface area (Å²) in [4.78, 5) is 12.4. The quantitative estimate of drug-likeness (QED) is 0.664. The highest BCUT2D eigenvalue weighted by molar-refractivity contribution is 7.97. The number of benzene rings is 2. The third kappa shape index (κ3) is 5.61. The van der Waals surface area contributed by atoms with E-state index >= 15 is 0 Å². The summed E-state index contributed by atoms with van der Waals surface area (Å²) in [6.45, 7) is 4.01. The van der Waals surface area contributed by atoms with Gasteiger partial charge in [0.25, 0.3) is 0 Å². The van der Waals surface area contributed by atoms with E-state index in [1.165, 1.54) is 16.0 Å². The first kappa shape index (κ1) is 19.0. The molecule has 1 aliphatic rings. The molecule has 1 fully saturated rings. The second kappa shape index (κ2) is 9.24. The molecule has 1 saturated carbocycles. The molecule has 0 aromatic heterocycles. The Bertz CT molecular complexity index is 694. The molecule has 4 heteroatoms. The number of hydrogen-bond acceptors (Lipinski definition) is 3. The molecule has 1 N–H and O–H groups in total. The summed E-state index contributed by atoms with van der Waals surface area (Å²) < 4.78 is 2.44. The third-order valence-corrected chi connectivity index (χ3v) is 6.13. The van der Waals surface area contributed by atoms with Crippen molar-refractivity contribution in [3.8, 4) is 0 Å². The van der Waals surface area contributed by atoms with Crippen LogP contribution in [0, 0.1) is 18.8 Å². The van der Waals surface area contributed by atoms with Crippen LogP contribution in [0.2, 0.25) is 0 Å². The van der Waals surface area contributed by atoms with E-state index in [0.717, 1.165) is 38.8 Å². The molecular formula is C22H27NO2S. The van der Waals surface area contributed by atoms with Crippen molar-refractivity contribution in [3.63, 3.8) is 0 Å². The standard InChI is InChI=1S/C22H27NO2S/c1-17-7-13-21(14-8-17)26-23(15-18-5-3-2-4-6-18)16-19-9-11-20(12-10-19)22(24)25/h2-8,13-14,19-20H,9-12,15-16H2,1H3,(H,24,25). The van der Waals surface area contributed by atoms with Gasteiger partial charge in [-0.05, 0) is 68.2 Å². The molecule has 0 atom stereocenters. The number of carboxylic acids is 1. The van der Waals surface area contributed by atoms with Gasteiger partial charge in [-0.2, -0.15) is 0 Å². The molecule has 2 aromatic carbocycles. The lowest BCUT2D eigenvalue weighted by molar-refractivity contribution is -0.143. The molecule has 0 spiro atoms. The average molecular weight is 370 g/mol. The molecule has 0 aliphatic heterocycles. The highest BCUT2D eigenvalue weighted by Gasteiger charge is 2.27. The Morgan fingerprint density at radius 2 is 1.69 bits per heavy atom. The van der Waals surface area contributed by atoms with Crippen molar-refractivity contribution in [3.05, 3.63) is 65.7 Å². The van der Waals surface area contributed by atoms with E-state index in [9.17, 15) is 9.90 Å². The van der Waals surface area contributed by atoms with Crippen LogP contribution in [0.15, 0.2) is 59.5 Å². The van der Waals surface area contributed by atoms with Gasteiger partial charge in [0, 0.05) is 18.0 Å². The van der Waals surface area contributed by atoms with E-state index < -0.39 is 5.97 Å². The van der Waals surface area contributed by atoms with Crippen molar-refractivity contribution < 1.29 is 9.90 Å². The zero-order valence-corrected chi connectivity index (χ0v) is 16.1. The molecule has 0 unspecified atom stereocenters. The summed E-state index contributed by atoms with van der Waals surface area (Å²) in [6.07, 6.45) is 3.65. The molecule has 0 amide bonds. The van der Waals surface area contributed by atoms with Crippen LogP contribution in [0.1, 0.15) is 36.8 Å². The SMILES string of the molecule is Cc1ccc(SN(Cc2ccccc2)CC2CCC(C(=O)O)CC2)cc1. The molecular weight excluding hydrogens is 342 g/mol. The van der Waals surface area contributed by atoms with E-state index in [-0.39, 0.29) is 5.92 Å². The van der Waals surface area contributed by atoms with Gasteiger partial charge in [-0.25, -0.2) is 4.31 Å². The maximum Gasteiger partial charge on any atom is 0.306 e. The van der Waals surface area contributed by atoms with Crippen molar-refractivity contribution in [2.75, 3.05) is 6.54 Å². The molecule has 2 aromatic rings. The van der Waals surface area contributed by atoms with Crippen LogP contribution < -0.4 is 0 Å². The number of rotatable bonds is 7. The fraction of sp³-hybridized carbons (Fsp3) is 0.409. The average Bonchev–Trinajstić information content (AvgIpc) is 2.65. The zero-order chi connectivity index (χ0) is 18.4. The van der Waals surface area contributed by atoms with E-state index in [0.29, 0.717) is 5.92 Å². The Labute approximate surface area is 160 Å². The first-order chi connectivity index (χ1) is 12.6. The van der Waals surface area contributed by atoms with Gasteiger partial charge in [-0.15, -0.1) is 0 Å². The highest BCUT2D eigenvalue weighted by atomic mass is 32.2. The minimum Gasteiger partial charge on any atom is -0.481 e. The number of aliphatic carboxylic acids is 1. The van der Waals surface area contributed by atoms with E-state index in [4.69, 9.17) is 0 Å². The van der Waals surface area contributed by atoms with Gasteiger partial charge in [0.05, 0.1) is 5.92 Å². The fourth-order valence-corrected chi connectivity index (χ4v) is 4.60. The number of carboxylic acid groups (broad SMARTS) is 1. The van der Waals surface area contributed by atoms with Gasteiger partial charge in [0.1, 0.15) is 0 Å². The largest absolute Gasteiger partial charge is 0.481 e. The molecule has 26 heavy (non-hydrogen) atoms. The second-order valence-electron chi connectivity index (χ2n) is 7.27. The van der Waals surface area contributed by atoms with Gasteiger partial charge in [0.15, 0.2) is 0 Å². The Hall–Kier alpha value is -1.78. The Balaban J connectivity index is 1.64. The molecule has 0 bridgehead atoms. The predicted octanol–water partition coefficient (Wildman–Crippen LogP) is 5.40. The van der Waals surface area contributed by atoms with Crippen molar-refractivity contribution in [2.45, 2.75) is 44.0 Å². The molecule has 0 saturated heterocycles. The monoisotopic (exact) mass is 369 g/mol. The van der Waals surface area contributed by atoms with Gasteiger partial charge < -0.3 is 5.11 Å². The summed E-state index contributed by atoms with van der Waals surface area (Å²) in [5.74, 6) is -0.190. The number of carbonyl (C=O) groups is 1. The van der Waals surface area contributed by atoms with Gasteiger partial charge in [-0.3, -0.25) is 4.79 Å². The van der Waals surface area contributed by atoms with Gasteiger partial charge in [0.2, 0.25) is 0 Å². The summed E-state index contributed by atoms with van der Waals surface area (Å²) in [6, 6.07) is 19.2. The number of nitrogens with zero attached hydrogens (tertiary/aromatic N) is 1. The van der Waals surface area contributed by atoms with Crippen molar-refractivity contribution in [1.82, 2.24) is 4.31 Å². The number of hydrogen-bond donors (Lipinski definition) is 1. The minimum absolute atomic E-state index is 0.140. The third-order valence-electron chi connectivity index (χ3n) is 5.12. The molecule has 3 rings (SSSR count). The maximum atomic E-state index is 11.2. The van der Waals surface area contributed by atoms with Gasteiger partial charge in [-0.1, -0.05) is 48.0 Å². The van der Waals surface area contributed by atoms with Crippen molar-refractivity contribution >= 4 is 17.9 Å². The lowest BCUT2D eigenvalue weighted by atomic mass is 9.82. The van der Waals surface area contributed by atoms with Crippen LogP contribution >= 0.6 is 11.9 Å². The summed E-state index contributed by atoms with van der Waals surface area (Å²) in [5, 5.41) is 9.20. The maximum absolute atomic E-state index is 11.2. The second-order valence-corrected chi connectivity index (χ2v) is 8.44. The normalized spacial score (nSPS) is 20.2. The first-order valence-electron chi connectivity index (χ1n) is 9.36. The minimum atomic E-state index is -0.626. The lowest BCUT2D eigenvalue weighted by Gasteiger charge is -2.31. The van der Waals surface area contributed by atoms with Crippen LogP contribution in [-0.2, 0) is 11.3 Å². The lowest BCUT2D eigenvalue weighted by Crippen LogP contribution is -2.28. The van der Waals surface area contributed by atoms with E-state index in [1.807, 2.05) is 18.0 Å². The summed E-state index contributed by atoms with van der Waals surface area (Å²) >= 11 is 1.81. The fourth-order valence-electron chi connectivity index (χ4n) is 3.55. The molecule has 0 heterocycles. The molecule has 3 nitrogen and oxygen atoms in total. The summed E-state index contributed by atoms with van der Waals surface area (Å²) in [7, 11) is 0. The topological polar surface area (TPSA) is 40.5 Å². The van der Waals surface area contributed by atoms with Crippen LogP contribution in [0.4, 0.5) is 0 Å². The van der Waals surface area contributed by atoms with Crippen LogP contribution in [0.3, 0.4) is 0 Å². The Morgan fingerprint density at radius 1 is 1.04 bits per heavy atom. The van der Waals surface area contributed by atoms with Gasteiger partial charge >= 0.3 is 5.97 Å². The first-order valence-corrected chi connectivity index (χ1v) is 10.1. The van der Waals surface area contributed by atoms with Crippen LogP contribution in [0.5, 0.6) is 0 Å². The Morgan fingerprint density at radius 3 is 2.31 bits per heavy atom. The molecule has 0 radical (unpaired) electrons. The molecule has 138 valence electrons. The number of aryl methyl sites for hydroxylation is 1. The zero-order valence-electron chi connectivity index (χ0n) is 15.3. The Kier molecular flexibility index (Phi) is 6.75. The van der Waals surface area contributed by atoms with E-state index in [2.05, 4.69) is 59.8 Å². The predicted molar refractivity (Wildman–Crippen MR) is 107 cm³/mol. The van der Waals surface area contributed by atoms with Crippen molar-refractivity contribution in [2.24, 2.45) is 11.8 Å². The van der Waals surface area contributed by atoms with Crippen LogP contribution in [-0.4, -0.2) is 21.9 Å². The summed E-state index contributed by atoms with van der Waals surface area (Å²) in [5.41, 5.74) is 2.59. The van der Waals surface area contributed by atoms with E-state index in [1.54, 1.807) is 0 Å².